The van der Waals surface area contributed by atoms with E-state index in [1.54, 1.807) is 17.1 Å². The van der Waals surface area contributed by atoms with Crippen molar-refractivity contribution < 1.29 is 19.5 Å². The first-order valence-corrected chi connectivity index (χ1v) is 14.1. The van der Waals surface area contributed by atoms with Gasteiger partial charge in [-0.3, -0.25) is 19.0 Å². The fourth-order valence-corrected chi connectivity index (χ4v) is 5.37. The van der Waals surface area contributed by atoms with Crippen LogP contribution in [0, 0.1) is 0 Å². The maximum Gasteiger partial charge on any atom is 0.248 e. The number of hydrogen-bond acceptors (Lipinski definition) is 9. The molecule has 12 heteroatoms. The normalized spacial score (nSPS) is 11.9. The van der Waals surface area contributed by atoms with Gasteiger partial charge in [-0.1, -0.05) is 6.07 Å². The summed E-state index contributed by atoms with van der Waals surface area (Å²) in [6.45, 7) is 1.22. The number of pyridine rings is 2. The van der Waals surface area contributed by atoms with E-state index in [-0.39, 0.29) is 16.7 Å². The number of aromatic nitrogens is 6. The van der Waals surface area contributed by atoms with Crippen molar-refractivity contribution in [2.24, 2.45) is 5.73 Å². The maximum atomic E-state index is 11.1. The number of carbonyl (C=O) groups is 3. The SMILES string of the molecule is CC(=O)c1cc(C(N)=O)cc(C=O)c1O.Nc1ncccc1-c1nc2ccc(-n3cccn3)nc2n1-c1ccc2c(c1)CCC2. The lowest BCUT2D eigenvalue weighted by atomic mass is 10.0. The average molecular weight is 601 g/mol. The molecule has 45 heavy (non-hydrogen) atoms. The van der Waals surface area contributed by atoms with E-state index in [0.717, 1.165) is 59.0 Å². The quantitative estimate of drug-likeness (QED) is 0.186. The summed E-state index contributed by atoms with van der Waals surface area (Å²) in [5.74, 6) is 0.281. The molecule has 224 valence electrons. The van der Waals surface area contributed by atoms with Crippen LogP contribution in [0.15, 0.2) is 79.3 Å². The number of amides is 1. The van der Waals surface area contributed by atoms with Gasteiger partial charge in [0.25, 0.3) is 0 Å². The highest BCUT2D eigenvalue weighted by molar-refractivity contribution is 6.04. The van der Waals surface area contributed by atoms with Crippen molar-refractivity contribution in [3.05, 3.63) is 107 Å². The number of phenolic OH excluding ortho intramolecular Hbond substituents is 1. The van der Waals surface area contributed by atoms with Crippen LogP contribution in [-0.2, 0) is 12.8 Å². The van der Waals surface area contributed by atoms with Gasteiger partial charge in [0.1, 0.15) is 17.1 Å². The van der Waals surface area contributed by atoms with E-state index >= 15 is 0 Å². The summed E-state index contributed by atoms with van der Waals surface area (Å²) in [7, 11) is 0. The van der Waals surface area contributed by atoms with Gasteiger partial charge in [-0.15, -0.1) is 0 Å². The van der Waals surface area contributed by atoms with Crippen LogP contribution >= 0.6 is 0 Å². The first-order chi connectivity index (χ1) is 21.7. The van der Waals surface area contributed by atoms with E-state index in [1.165, 1.54) is 24.5 Å². The number of aromatic hydroxyl groups is 1. The predicted molar refractivity (Wildman–Crippen MR) is 168 cm³/mol. The molecule has 0 radical (unpaired) electrons. The second kappa shape index (κ2) is 11.8. The van der Waals surface area contributed by atoms with Gasteiger partial charge in [-0.05, 0) is 91.9 Å². The lowest BCUT2D eigenvalue weighted by Gasteiger charge is -2.12. The lowest BCUT2D eigenvalue weighted by Crippen LogP contribution is -2.12. The molecular weight excluding hydrogens is 572 g/mol. The Balaban J connectivity index is 0.000000202. The molecule has 12 nitrogen and oxygen atoms in total. The minimum Gasteiger partial charge on any atom is -0.506 e. The van der Waals surface area contributed by atoms with E-state index in [0.29, 0.717) is 12.1 Å². The number of ketones is 1. The Labute approximate surface area is 257 Å². The zero-order valence-corrected chi connectivity index (χ0v) is 24.2. The highest BCUT2D eigenvalue weighted by atomic mass is 16.3. The fraction of sp³-hybridized carbons (Fsp3) is 0.121. The number of anilines is 1. The second-order valence-electron chi connectivity index (χ2n) is 10.5. The molecule has 0 saturated heterocycles. The van der Waals surface area contributed by atoms with Gasteiger partial charge in [0.15, 0.2) is 29.4 Å². The molecule has 0 bridgehead atoms. The van der Waals surface area contributed by atoms with Crippen molar-refractivity contribution >= 4 is 35.0 Å². The van der Waals surface area contributed by atoms with Crippen molar-refractivity contribution in [3.63, 3.8) is 0 Å². The smallest absolute Gasteiger partial charge is 0.248 e. The highest BCUT2D eigenvalue weighted by Gasteiger charge is 2.20. The summed E-state index contributed by atoms with van der Waals surface area (Å²) in [6.07, 6.45) is 9.11. The Morgan fingerprint density at radius 1 is 0.978 bits per heavy atom. The van der Waals surface area contributed by atoms with Gasteiger partial charge in [0.05, 0.1) is 16.7 Å². The van der Waals surface area contributed by atoms with E-state index in [2.05, 4.69) is 32.8 Å². The third kappa shape index (κ3) is 5.52. The maximum absolute atomic E-state index is 11.1. The van der Waals surface area contributed by atoms with Crippen molar-refractivity contribution in [1.82, 2.24) is 29.3 Å². The molecule has 0 aliphatic heterocycles. The van der Waals surface area contributed by atoms with E-state index in [1.807, 2.05) is 36.5 Å². The fourth-order valence-electron chi connectivity index (χ4n) is 5.37. The molecule has 7 rings (SSSR count). The average Bonchev–Trinajstić information content (AvgIpc) is 3.81. The zero-order chi connectivity index (χ0) is 31.7. The van der Waals surface area contributed by atoms with Crippen molar-refractivity contribution in [2.45, 2.75) is 26.2 Å². The van der Waals surface area contributed by atoms with E-state index in [4.69, 9.17) is 21.4 Å². The highest BCUT2D eigenvalue weighted by Crippen LogP contribution is 2.33. The lowest BCUT2D eigenvalue weighted by molar-refractivity contribution is 0.1000. The molecule has 1 aliphatic carbocycles. The first-order valence-electron chi connectivity index (χ1n) is 14.1. The van der Waals surface area contributed by atoms with Crippen LogP contribution in [0.4, 0.5) is 5.82 Å². The number of primary amides is 1. The summed E-state index contributed by atoms with van der Waals surface area (Å²) in [5.41, 5.74) is 17.2. The number of carbonyl (C=O) groups excluding carboxylic acids is 3. The number of phenols is 1. The molecule has 1 amide bonds. The molecule has 0 unspecified atom stereocenters. The molecule has 0 fully saturated rings. The largest absolute Gasteiger partial charge is 0.506 e. The number of aryl methyl sites for hydroxylation is 2. The van der Waals surface area contributed by atoms with Crippen LogP contribution in [0.25, 0.3) is 34.1 Å². The Morgan fingerprint density at radius 3 is 2.51 bits per heavy atom. The van der Waals surface area contributed by atoms with Gasteiger partial charge < -0.3 is 16.6 Å². The molecular formula is C33H28N8O4. The predicted octanol–water partition coefficient (Wildman–Crippen LogP) is 4.25. The van der Waals surface area contributed by atoms with Gasteiger partial charge >= 0.3 is 0 Å². The van der Waals surface area contributed by atoms with Gasteiger partial charge in [0, 0.05) is 29.8 Å². The zero-order valence-electron chi connectivity index (χ0n) is 24.2. The number of nitrogens with zero attached hydrogens (tertiary/aromatic N) is 6. The standard InChI is InChI=1S/C23H19N7.C10H9NO4/c24-21-18(6-2-11-25-21)22-27-19-9-10-20(29-13-3-12-26-29)28-23(19)30(22)17-8-7-15-4-1-5-16(15)14-17;1-5(13)8-3-6(10(11)15)2-7(4-12)9(8)14/h2-3,6-14H,1,4-5H2,(H2,24,25);2-4,14H,1H3,(H2,11,15). The van der Waals surface area contributed by atoms with Crippen LogP contribution in [-0.4, -0.2) is 52.4 Å². The molecule has 4 heterocycles. The summed E-state index contributed by atoms with van der Waals surface area (Å²) in [6, 6.07) is 18.5. The molecule has 0 saturated carbocycles. The van der Waals surface area contributed by atoms with Gasteiger partial charge in [-0.2, -0.15) is 5.10 Å². The van der Waals surface area contributed by atoms with Crippen molar-refractivity contribution in [3.8, 4) is 28.6 Å². The molecule has 2 aromatic carbocycles. The number of hydrogen-bond donors (Lipinski definition) is 3. The molecule has 5 N–H and O–H groups in total. The number of fused-ring (bicyclic) bond motifs is 2. The number of nitrogens with two attached hydrogens (primary N) is 2. The number of nitrogen functional groups attached to an aromatic ring is 1. The number of imidazole rings is 1. The van der Waals surface area contributed by atoms with Gasteiger partial charge in [0.2, 0.25) is 5.91 Å². The summed E-state index contributed by atoms with van der Waals surface area (Å²) < 4.78 is 3.83. The van der Waals surface area contributed by atoms with Gasteiger partial charge in [-0.25, -0.2) is 19.6 Å². The molecule has 1 aliphatic rings. The number of benzene rings is 2. The summed E-state index contributed by atoms with van der Waals surface area (Å²) in [5, 5.41) is 13.8. The number of rotatable bonds is 6. The minimum absolute atomic E-state index is 0.0140. The topological polar surface area (TPSA) is 185 Å². The third-order valence-electron chi connectivity index (χ3n) is 7.58. The van der Waals surface area contributed by atoms with Crippen molar-refractivity contribution in [2.75, 3.05) is 5.73 Å². The number of aldehydes is 1. The van der Waals surface area contributed by atoms with Crippen LogP contribution in [0.3, 0.4) is 0 Å². The summed E-state index contributed by atoms with van der Waals surface area (Å²) >= 11 is 0. The molecule has 0 spiro atoms. The second-order valence-corrected chi connectivity index (χ2v) is 10.5. The number of Topliss-reactive ketones (excluding diaryl/α,β-unsaturated/α-hetero) is 1. The Morgan fingerprint density at radius 2 is 1.80 bits per heavy atom. The Hall–Kier alpha value is -6.17. The Bertz CT molecular complexity index is 2100. The van der Waals surface area contributed by atoms with Crippen LogP contribution in [0.1, 0.15) is 55.5 Å². The van der Waals surface area contributed by atoms with E-state index in [9.17, 15) is 19.5 Å². The monoisotopic (exact) mass is 600 g/mol. The molecule has 6 aromatic rings. The van der Waals surface area contributed by atoms with Crippen LogP contribution < -0.4 is 11.5 Å². The Kier molecular flexibility index (Phi) is 7.61. The molecule has 4 aromatic heterocycles. The van der Waals surface area contributed by atoms with E-state index < -0.39 is 17.4 Å². The van der Waals surface area contributed by atoms with Crippen LogP contribution in [0.2, 0.25) is 0 Å². The van der Waals surface area contributed by atoms with Crippen molar-refractivity contribution in [1.29, 1.82) is 0 Å². The van der Waals surface area contributed by atoms with Crippen LogP contribution in [0.5, 0.6) is 5.75 Å². The molecule has 0 atom stereocenters. The summed E-state index contributed by atoms with van der Waals surface area (Å²) in [4.78, 5) is 46.6. The minimum atomic E-state index is -0.763. The third-order valence-corrected chi connectivity index (χ3v) is 7.58. The first kappa shape index (κ1) is 28.9.